The number of piperazine rings is 1. The van der Waals surface area contributed by atoms with Crippen molar-refractivity contribution in [3.05, 3.63) is 42.5 Å². The maximum absolute atomic E-state index is 5.57. The lowest BCUT2D eigenvalue weighted by molar-refractivity contribution is 0.255. The zero-order valence-electron chi connectivity index (χ0n) is 12.9. The molecule has 1 aliphatic heterocycles. The van der Waals surface area contributed by atoms with Crippen molar-refractivity contribution in [2.45, 2.75) is 6.42 Å². The number of hydrogen-bond donors (Lipinski definition) is 1. The first kappa shape index (κ1) is 14.9. The van der Waals surface area contributed by atoms with Crippen molar-refractivity contribution < 1.29 is 0 Å². The Morgan fingerprint density at radius 3 is 2.32 bits per heavy atom. The first-order valence-electron chi connectivity index (χ1n) is 7.93. The van der Waals surface area contributed by atoms with Gasteiger partial charge in [-0.05, 0) is 31.6 Å². The van der Waals surface area contributed by atoms with E-state index in [1.54, 1.807) is 0 Å². The predicted octanol–water partition coefficient (Wildman–Crippen LogP) is 1.61. The van der Waals surface area contributed by atoms with Crippen LogP contribution in [0, 0.1) is 0 Å². The molecule has 0 saturated carbocycles. The van der Waals surface area contributed by atoms with Crippen LogP contribution in [-0.4, -0.2) is 54.4 Å². The summed E-state index contributed by atoms with van der Waals surface area (Å²) in [6, 6.07) is 14.3. The second-order valence-electron chi connectivity index (χ2n) is 5.61. The van der Waals surface area contributed by atoms with Gasteiger partial charge in [0.1, 0.15) is 0 Å². The zero-order valence-corrected chi connectivity index (χ0v) is 12.9. The molecule has 2 heterocycles. The van der Waals surface area contributed by atoms with E-state index in [-0.39, 0.29) is 0 Å². The van der Waals surface area contributed by atoms with Crippen LogP contribution in [0.5, 0.6) is 0 Å². The van der Waals surface area contributed by atoms with Crippen LogP contribution >= 0.6 is 0 Å². The Balaban J connectivity index is 1.60. The normalized spacial score (nSPS) is 16.0. The van der Waals surface area contributed by atoms with Crippen molar-refractivity contribution >= 4 is 5.82 Å². The third kappa shape index (κ3) is 3.61. The van der Waals surface area contributed by atoms with Crippen LogP contribution in [0.4, 0.5) is 5.82 Å². The van der Waals surface area contributed by atoms with Gasteiger partial charge in [0.15, 0.2) is 5.82 Å². The maximum Gasteiger partial charge on any atom is 0.151 e. The Morgan fingerprint density at radius 2 is 1.68 bits per heavy atom. The van der Waals surface area contributed by atoms with E-state index in [1.165, 1.54) is 0 Å². The molecule has 0 aliphatic carbocycles. The summed E-state index contributed by atoms with van der Waals surface area (Å²) in [6.45, 7) is 6.02. The summed E-state index contributed by atoms with van der Waals surface area (Å²) in [6.07, 6.45) is 1.07. The van der Waals surface area contributed by atoms with Gasteiger partial charge in [-0.3, -0.25) is 4.90 Å². The van der Waals surface area contributed by atoms with Crippen molar-refractivity contribution in [2.24, 2.45) is 5.73 Å². The summed E-state index contributed by atoms with van der Waals surface area (Å²) in [5.41, 5.74) is 7.60. The van der Waals surface area contributed by atoms with Crippen LogP contribution in [0.3, 0.4) is 0 Å². The van der Waals surface area contributed by atoms with E-state index in [2.05, 4.69) is 44.3 Å². The Hall–Kier alpha value is -1.98. The van der Waals surface area contributed by atoms with E-state index in [9.17, 15) is 0 Å². The highest BCUT2D eigenvalue weighted by Gasteiger charge is 2.17. The second-order valence-corrected chi connectivity index (χ2v) is 5.61. The summed E-state index contributed by atoms with van der Waals surface area (Å²) in [7, 11) is 0. The summed E-state index contributed by atoms with van der Waals surface area (Å²) >= 11 is 0. The van der Waals surface area contributed by atoms with Crippen LogP contribution in [0.15, 0.2) is 42.5 Å². The highest BCUT2D eigenvalue weighted by molar-refractivity contribution is 5.59. The molecule has 2 N–H and O–H groups in total. The van der Waals surface area contributed by atoms with Crippen LogP contribution in [0.2, 0.25) is 0 Å². The smallest absolute Gasteiger partial charge is 0.151 e. The molecule has 0 bridgehead atoms. The molecular weight excluding hydrogens is 274 g/mol. The molecule has 22 heavy (non-hydrogen) atoms. The fourth-order valence-electron chi connectivity index (χ4n) is 2.77. The molecule has 1 aromatic carbocycles. The van der Waals surface area contributed by atoms with E-state index in [0.29, 0.717) is 0 Å². The lowest BCUT2D eigenvalue weighted by Crippen LogP contribution is -2.47. The van der Waals surface area contributed by atoms with Crippen LogP contribution in [-0.2, 0) is 0 Å². The Bertz CT molecular complexity index is 561. The average molecular weight is 297 g/mol. The third-order valence-corrected chi connectivity index (χ3v) is 4.09. The van der Waals surface area contributed by atoms with Crippen molar-refractivity contribution in [1.82, 2.24) is 15.1 Å². The van der Waals surface area contributed by atoms with Gasteiger partial charge in [-0.15, -0.1) is 10.2 Å². The highest BCUT2D eigenvalue weighted by atomic mass is 15.3. The van der Waals surface area contributed by atoms with E-state index >= 15 is 0 Å². The molecule has 1 aromatic heterocycles. The molecule has 116 valence electrons. The number of rotatable bonds is 5. The van der Waals surface area contributed by atoms with Gasteiger partial charge in [-0.1, -0.05) is 30.3 Å². The standard InChI is InChI=1S/C17H23N5/c18-9-4-10-21-11-13-22(14-12-21)17-8-7-16(19-20-17)15-5-2-1-3-6-15/h1-3,5-8H,4,9-14,18H2. The summed E-state index contributed by atoms with van der Waals surface area (Å²) < 4.78 is 0. The summed E-state index contributed by atoms with van der Waals surface area (Å²) in [5.74, 6) is 0.971. The predicted molar refractivity (Wildman–Crippen MR) is 89.8 cm³/mol. The molecule has 0 atom stereocenters. The number of benzene rings is 1. The van der Waals surface area contributed by atoms with Crippen molar-refractivity contribution in [3.8, 4) is 11.3 Å². The number of hydrogen-bond acceptors (Lipinski definition) is 5. The molecule has 1 fully saturated rings. The first-order chi connectivity index (χ1) is 10.9. The van der Waals surface area contributed by atoms with Crippen molar-refractivity contribution in [2.75, 3.05) is 44.2 Å². The molecule has 1 saturated heterocycles. The first-order valence-corrected chi connectivity index (χ1v) is 7.93. The summed E-state index contributed by atoms with van der Waals surface area (Å²) in [5, 5.41) is 8.77. The molecule has 0 amide bonds. The van der Waals surface area contributed by atoms with Gasteiger partial charge in [-0.25, -0.2) is 0 Å². The molecule has 1 aliphatic rings. The van der Waals surface area contributed by atoms with E-state index in [4.69, 9.17) is 5.73 Å². The lowest BCUT2D eigenvalue weighted by atomic mass is 10.1. The molecule has 3 rings (SSSR count). The Kier molecular flexibility index (Phi) is 4.98. The number of aromatic nitrogens is 2. The molecule has 0 unspecified atom stereocenters. The van der Waals surface area contributed by atoms with E-state index in [0.717, 1.165) is 62.8 Å². The molecule has 5 heteroatoms. The number of nitrogens with two attached hydrogens (primary N) is 1. The maximum atomic E-state index is 5.57. The van der Waals surface area contributed by atoms with Gasteiger partial charge in [0.25, 0.3) is 0 Å². The average Bonchev–Trinajstić information content (AvgIpc) is 2.61. The van der Waals surface area contributed by atoms with Crippen molar-refractivity contribution in [1.29, 1.82) is 0 Å². The minimum absolute atomic E-state index is 0.770. The molecule has 5 nitrogen and oxygen atoms in total. The Labute approximate surface area is 131 Å². The molecular formula is C17H23N5. The summed E-state index contributed by atoms with van der Waals surface area (Å²) in [4.78, 5) is 4.77. The quantitative estimate of drug-likeness (QED) is 0.908. The molecule has 2 aromatic rings. The van der Waals surface area contributed by atoms with Gasteiger partial charge in [0.2, 0.25) is 0 Å². The van der Waals surface area contributed by atoms with E-state index < -0.39 is 0 Å². The largest absolute Gasteiger partial charge is 0.353 e. The van der Waals surface area contributed by atoms with Crippen LogP contribution in [0.1, 0.15) is 6.42 Å². The van der Waals surface area contributed by atoms with Crippen molar-refractivity contribution in [3.63, 3.8) is 0 Å². The minimum atomic E-state index is 0.770. The number of anilines is 1. The van der Waals surface area contributed by atoms with E-state index in [1.807, 2.05) is 18.2 Å². The number of nitrogens with zero attached hydrogens (tertiary/aromatic N) is 4. The highest BCUT2D eigenvalue weighted by Crippen LogP contribution is 2.18. The van der Waals surface area contributed by atoms with Gasteiger partial charge >= 0.3 is 0 Å². The zero-order chi connectivity index (χ0) is 15.2. The third-order valence-electron chi connectivity index (χ3n) is 4.09. The monoisotopic (exact) mass is 297 g/mol. The van der Waals surface area contributed by atoms with Crippen LogP contribution in [0.25, 0.3) is 11.3 Å². The minimum Gasteiger partial charge on any atom is -0.353 e. The fourth-order valence-corrected chi connectivity index (χ4v) is 2.77. The Morgan fingerprint density at radius 1 is 0.909 bits per heavy atom. The SMILES string of the molecule is NCCCN1CCN(c2ccc(-c3ccccc3)nn2)CC1. The topological polar surface area (TPSA) is 58.3 Å². The van der Waals surface area contributed by atoms with Gasteiger partial charge < -0.3 is 10.6 Å². The molecule has 0 spiro atoms. The molecule has 0 radical (unpaired) electrons. The van der Waals surface area contributed by atoms with Crippen LogP contribution < -0.4 is 10.6 Å². The van der Waals surface area contributed by atoms with Gasteiger partial charge in [0, 0.05) is 31.7 Å². The fraction of sp³-hybridized carbons (Fsp3) is 0.412. The van der Waals surface area contributed by atoms with Gasteiger partial charge in [-0.2, -0.15) is 0 Å². The second kappa shape index (κ2) is 7.33. The van der Waals surface area contributed by atoms with Gasteiger partial charge in [0.05, 0.1) is 5.69 Å². The lowest BCUT2D eigenvalue weighted by Gasteiger charge is -2.35.